The van der Waals surface area contributed by atoms with Gasteiger partial charge in [-0.05, 0) is 72.3 Å². The molecule has 0 aliphatic carbocycles. The van der Waals surface area contributed by atoms with Crippen molar-refractivity contribution in [3.63, 3.8) is 0 Å². The highest BCUT2D eigenvalue weighted by molar-refractivity contribution is 7.54. The van der Waals surface area contributed by atoms with E-state index < -0.39 is 23.3 Å². The molecule has 0 amide bonds. The molecule has 0 unspecified atom stereocenters. The molecule has 0 saturated heterocycles. The predicted octanol–water partition coefficient (Wildman–Crippen LogP) is 10.7. The standard InChI is InChI=1S/C16H22O5.C12H16O4.C10H14O3.C6H5Cl.C4H7ClO.C4H6O3.Al.3ClH/c1-12(2)16(18)14-4-6-15(7-5-14)21-11-9-19-8-10-20-13(3)17;1-11(13)15-9-7-14-8-10-16-12-5-3-2-4-6-12;11-6-7-12-8-9-13-10-4-2-1-3-5-10;7-6-4-2-1-3-5-6;1-3(2)4(5)6;1-3(5)7-4(2)6;;;;/h4-7,12H,8-11H2,1-3H3;2-6H,7-10H2,1H3;1-5,11H,6-9H2;1-5H;3H,1-2H3;1-2H3;;3*1H/q;;;;;;+3;;;/p-3. The molecule has 0 spiro atoms. The minimum Gasteiger partial charge on any atom is -0.491 e. The van der Waals surface area contributed by atoms with Gasteiger partial charge in [-0.1, -0.05) is 93.9 Å². The number of rotatable bonds is 23. The zero-order valence-electron chi connectivity index (χ0n) is 43.1. The van der Waals surface area contributed by atoms with Crippen LogP contribution in [0.15, 0.2) is 115 Å². The molecule has 0 bridgehead atoms. The van der Waals surface area contributed by atoms with Crippen LogP contribution in [-0.4, -0.2) is 131 Å². The van der Waals surface area contributed by atoms with Crippen LogP contribution in [0, 0.1) is 11.8 Å². The van der Waals surface area contributed by atoms with Crippen LogP contribution in [0.4, 0.5) is 0 Å². The van der Waals surface area contributed by atoms with Crippen molar-refractivity contribution in [1.82, 2.24) is 0 Å². The molecule has 0 saturated carbocycles. The van der Waals surface area contributed by atoms with Gasteiger partial charge in [-0.25, -0.2) is 30.1 Å². The van der Waals surface area contributed by atoms with Crippen molar-refractivity contribution in [2.45, 2.75) is 55.4 Å². The van der Waals surface area contributed by atoms with Crippen molar-refractivity contribution in [3.8, 4) is 17.2 Å². The predicted molar refractivity (Wildman–Crippen MR) is 291 cm³/mol. The zero-order chi connectivity index (χ0) is 56.4. The molecule has 4 rings (SSSR count). The highest BCUT2D eigenvalue weighted by Crippen LogP contribution is 2.15. The monoisotopic (exact) mass is 1150 g/mol. The summed E-state index contributed by atoms with van der Waals surface area (Å²) in [5, 5.41) is 8.94. The zero-order valence-corrected chi connectivity index (χ0v) is 48.1. The molecule has 0 radical (unpaired) electrons. The summed E-state index contributed by atoms with van der Waals surface area (Å²) in [4.78, 5) is 62.2. The molecule has 16 nitrogen and oxygen atoms in total. The number of para-hydroxylation sites is 2. The summed E-state index contributed by atoms with van der Waals surface area (Å²) in [5.74, 6) is 0.722. The van der Waals surface area contributed by atoms with E-state index in [4.69, 9.17) is 96.4 Å². The van der Waals surface area contributed by atoms with Crippen molar-refractivity contribution in [2.24, 2.45) is 11.8 Å². The minimum absolute atomic E-state index is 0.0117. The van der Waals surface area contributed by atoms with Gasteiger partial charge in [0, 0.05) is 50.1 Å². The SMILES string of the molecule is CC(=O)OC(C)=O.CC(=O)OCCOCCOc1ccc(C(=O)C(C)C)cc1.CC(=O)OCCOCCOc1ccccc1.CC(C)C(=O)Cl.Clc1ccccc1.OCCOCCOc1ccccc1.[Cl][Al]([Cl])[Cl]. The van der Waals surface area contributed by atoms with Gasteiger partial charge in [0.2, 0.25) is 5.24 Å². The van der Waals surface area contributed by atoms with Gasteiger partial charge in [0.15, 0.2) is 5.78 Å². The molecule has 4 aromatic carbocycles. The Morgan fingerprint density at radius 2 is 0.770 bits per heavy atom. The number of carbonyl (C=O) groups is 6. The van der Waals surface area contributed by atoms with E-state index in [1.54, 1.807) is 38.1 Å². The lowest BCUT2D eigenvalue weighted by Gasteiger charge is -2.08. The van der Waals surface area contributed by atoms with Crippen molar-refractivity contribution < 1.29 is 76.5 Å². The van der Waals surface area contributed by atoms with Gasteiger partial charge in [-0.3, -0.25) is 28.8 Å². The van der Waals surface area contributed by atoms with E-state index in [-0.39, 0.29) is 48.0 Å². The second-order valence-electron chi connectivity index (χ2n) is 14.5. The van der Waals surface area contributed by atoms with Gasteiger partial charge in [-0.15, -0.1) is 0 Å². The van der Waals surface area contributed by atoms with Crippen LogP contribution >= 0.6 is 53.3 Å². The van der Waals surface area contributed by atoms with E-state index in [9.17, 15) is 28.8 Å². The first-order chi connectivity index (χ1) is 35.1. The third-order valence-electron chi connectivity index (χ3n) is 7.41. The van der Waals surface area contributed by atoms with Crippen molar-refractivity contribution in [1.29, 1.82) is 0 Å². The van der Waals surface area contributed by atoms with Crippen molar-refractivity contribution in [2.75, 3.05) is 79.3 Å². The van der Waals surface area contributed by atoms with Gasteiger partial charge in [0.05, 0.1) is 46.2 Å². The number of aliphatic hydroxyl groups excluding tert-OH is 1. The molecular formula is C52H70AlCl5O16. The summed E-state index contributed by atoms with van der Waals surface area (Å²) in [5.41, 5.74) is 0.690. The highest BCUT2D eigenvalue weighted by Gasteiger charge is 2.10. The van der Waals surface area contributed by atoms with E-state index >= 15 is 0 Å². The van der Waals surface area contributed by atoms with Gasteiger partial charge in [0.1, 0.15) is 50.3 Å². The maximum absolute atomic E-state index is 11.8. The molecule has 0 aliphatic heterocycles. The Kier molecular flexibility index (Phi) is 51.8. The van der Waals surface area contributed by atoms with Gasteiger partial charge in [0.25, 0.3) is 0 Å². The van der Waals surface area contributed by atoms with Gasteiger partial charge in [-0.2, -0.15) is 0 Å². The molecule has 0 aliphatic rings. The van der Waals surface area contributed by atoms with Gasteiger partial charge < -0.3 is 47.7 Å². The van der Waals surface area contributed by atoms with E-state index in [0.29, 0.717) is 77.4 Å². The molecule has 22 heteroatoms. The maximum Gasteiger partial charge on any atom is 0.643 e. The molecule has 412 valence electrons. The smallest absolute Gasteiger partial charge is 0.491 e. The third kappa shape index (κ3) is 56.8. The Hall–Kier alpha value is -4.48. The first kappa shape index (κ1) is 73.8. The Balaban J connectivity index is -0.000000849. The number of carbonyl (C=O) groups excluding carboxylic acids is 6. The number of ketones is 1. The lowest BCUT2D eigenvalue weighted by atomic mass is 10.0. The summed E-state index contributed by atoms with van der Waals surface area (Å²) in [6, 6.07) is 35.6. The second kappa shape index (κ2) is 52.0. The lowest BCUT2D eigenvalue weighted by Crippen LogP contribution is -2.12. The molecule has 4 aromatic rings. The molecular weight excluding hydrogens is 1080 g/mol. The second-order valence-corrected chi connectivity index (χ2v) is 21.8. The minimum atomic E-state index is -1.72. The van der Waals surface area contributed by atoms with E-state index in [0.717, 1.165) is 16.5 Å². The number of hydrogen-bond donors (Lipinski definition) is 1. The summed E-state index contributed by atoms with van der Waals surface area (Å²) in [6.45, 7) is 16.9. The highest BCUT2D eigenvalue weighted by atomic mass is 35.8. The molecule has 1 N–H and O–H groups in total. The van der Waals surface area contributed by atoms with Gasteiger partial charge >= 0.3 is 35.3 Å². The Morgan fingerprint density at radius 3 is 1.03 bits per heavy atom. The fourth-order valence-electron chi connectivity index (χ4n) is 4.21. The fourth-order valence-corrected chi connectivity index (χ4v) is 4.36. The van der Waals surface area contributed by atoms with Crippen LogP contribution in [-0.2, 0) is 52.4 Å². The van der Waals surface area contributed by atoms with Crippen molar-refractivity contribution >= 4 is 99.6 Å². The van der Waals surface area contributed by atoms with Crippen LogP contribution in [0.25, 0.3) is 0 Å². The number of hydrogen-bond acceptors (Lipinski definition) is 16. The topological polar surface area (TPSA) is 206 Å². The van der Waals surface area contributed by atoms with Crippen LogP contribution in [0.1, 0.15) is 65.7 Å². The lowest BCUT2D eigenvalue weighted by molar-refractivity contribution is -0.156. The average molecular weight is 1160 g/mol. The molecule has 74 heavy (non-hydrogen) atoms. The van der Waals surface area contributed by atoms with E-state index in [1.807, 2.05) is 105 Å². The van der Waals surface area contributed by atoms with Crippen LogP contribution in [0.3, 0.4) is 0 Å². The normalized spacial score (nSPS) is 9.51. The largest absolute Gasteiger partial charge is 0.643 e. The number of benzene rings is 4. The third-order valence-corrected chi connectivity index (χ3v) is 8.10. The number of Topliss-reactive ketones (excluding diaryl/α,β-unsaturated/α-hetero) is 1. The van der Waals surface area contributed by atoms with Crippen molar-refractivity contribution in [3.05, 3.63) is 126 Å². The summed E-state index contributed by atoms with van der Waals surface area (Å²) < 4.78 is 45.1. The number of halogens is 5. The fraction of sp³-hybridized carbons (Fsp3) is 0.423. The number of esters is 4. The first-order valence-corrected chi connectivity index (χ1v) is 28.9. The van der Waals surface area contributed by atoms with Crippen LogP contribution in [0.5, 0.6) is 17.2 Å². The van der Waals surface area contributed by atoms with Crippen LogP contribution in [0.2, 0.25) is 5.02 Å². The number of aliphatic hydroxyl groups is 1. The summed E-state index contributed by atoms with van der Waals surface area (Å²) in [6.07, 6.45) is 0. The molecule has 0 aromatic heterocycles. The number of ether oxygens (including phenoxy) is 9. The molecule has 0 fully saturated rings. The quantitative estimate of drug-likeness (QED) is 0.0139. The first-order valence-electron chi connectivity index (χ1n) is 22.9. The molecule has 0 heterocycles. The van der Waals surface area contributed by atoms with E-state index in [2.05, 4.69) is 4.74 Å². The molecule has 0 atom stereocenters. The van der Waals surface area contributed by atoms with Crippen LogP contribution < -0.4 is 14.2 Å². The Labute approximate surface area is 463 Å². The Morgan fingerprint density at radius 1 is 0.459 bits per heavy atom. The van der Waals surface area contributed by atoms with E-state index in [1.165, 1.54) is 27.7 Å². The Bertz CT molecular complexity index is 1990. The maximum atomic E-state index is 11.8. The summed E-state index contributed by atoms with van der Waals surface area (Å²) >= 11 is 8.79. The summed E-state index contributed by atoms with van der Waals surface area (Å²) in [7, 11) is 14.8. The average Bonchev–Trinajstić information content (AvgIpc) is 3.34.